The van der Waals surface area contributed by atoms with Crippen LogP contribution in [0.3, 0.4) is 0 Å². The maximum absolute atomic E-state index is 11.4. The Morgan fingerprint density at radius 1 is 1.23 bits per heavy atom. The summed E-state index contributed by atoms with van der Waals surface area (Å²) in [5.41, 5.74) is 2.47. The summed E-state index contributed by atoms with van der Waals surface area (Å²) in [7, 11) is -3.46. The lowest BCUT2D eigenvalue weighted by atomic mass is 10.1. The van der Waals surface area contributed by atoms with Gasteiger partial charge in [0.15, 0.2) is 6.39 Å². The minimum atomic E-state index is -3.46. The number of oxazole rings is 1. The molecule has 160 valence electrons. The molecule has 0 saturated carbocycles. The van der Waals surface area contributed by atoms with E-state index in [-0.39, 0.29) is 17.3 Å². The van der Waals surface area contributed by atoms with Crippen molar-refractivity contribution < 1.29 is 22.7 Å². The third-order valence-electron chi connectivity index (χ3n) is 4.14. The van der Waals surface area contributed by atoms with Crippen LogP contribution in [0.4, 0.5) is 5.69 Å². The zero-order valence-corrected chi connectivity index (χ0v) is 17.8. The highest BCUT2D eigenvalue weighted by atomic mass is 35.5. The molecule has 3 N–H and O–H groups in total. The number of anilines is 1. The first kappa shape index (κ1) is 22.1. The van der Waals surface area contributed by atoms with Gasteiger partial charge in [-0.25, -0.2) is 13.4 Å². The van der Waals surface area contributed by atoms with Crippen molar-refractivity contribution in [3.05, 3.63) is 65.7 Å². The van der Waals surface area contributed by atoms with E-state index in [1.807, 2.05) is 24.3 Å². The number of benzene rings is 2. The second-order valence-electron chi connectivity index (χ2n) is 6.58. The predicted molar refractivity (Wildman–Crippen MR) is 115 cm³/mol. The molecule has 0 aliphatic rings. The highest BCUT2D eigenvalue weighted by molar-refractivity contribution is 7.92. The van der Waals surface area contributed by atoms with Crippen molar-refractivity contribution in [2.24, 2.45) is 0 Å². The van der Waals surface area contributed by atoms with Crippen molar-refractivity contribution in [1.82, 2.24) is 10.3 Å². The first-order valence-electron chi connectivity index (χ1n) is 9.09. The van der Waals surface area contributed by atoms with Gasteiger partial charge in [-0.1, -0.05) is 17.7 Å². The van der Waals surface area contributed by atoms with E-state index in [0.717, 1.165) is 23.3 Å². The lowest BCUT2D eigenvalue weighted by Crippen LogP contribution is -2.26. The number of hydrogen-bond acceptors (Lipinski definition) is 7. The number of ether oxygens (including phenoxy) is 1. The van der Waals surface area contributed by atoms with Crippen LogP contribution in [0, 0.1) is 0 Å². The maximum Gasteiger partial charge on any atom is 0.229 e. The van der Waals surface area contributed by atoms with Gasteiger partial charge >= 0.3 is 0 Å². The van der Waals surface area contributed by atoms with Gasteiger partial charge in [-0.05, 0) is 42.0 Å². The van der Waals surface area contributed by atoms with E-state index >= 15 is 0 Å². The fourth-order valence-corrected chi connectivity index (χ4v) is 3.49. The molecular formula is C20H22ClN3O5S. The number of halogens is 1. The quantitative estimate of drug-likeness (QED) is 0.406. The first-order valence-corrected chi connectivity index (χ1v) is 11.4. The molecule has 30 heavy (non-hydrogen) atoms. The molecule has 2 aromatic carbocycles. The second-order valence-corrected chi connectivity index (χ2v) is 8.74. The van der Waals surface area contributed by atoms with Gasteiger partial charge in [0.2, 0.25) is 10.0 Å². The molecule has 3 rings (SSSR count). The minimum Gasteiger partial charge on any atom is -0.492 e. The van der Waals surface area contributed by atoms with Gasteiger partial charge in [-0.15, -0.1) is 0 Å². The summed E-state index contributed by atoms with van der Waals surface area (Å²) in [6.45, 7) is 1.20. The van der Waals surface area contributed by atoms with Crippen LogP contribution in [0.2, 0.25) is 5.02 Å². The molecule has 0 amide bonds. The SMILES string of the molecule is CS(=O)(=O)Nc1cc([C@H](O)CNCCOc2ccc(-c3cocn3)cc2)ccc1Cl. The van der Waals surface area contributed by atoms with Crippen LogP contribution in [-0.2, 0) is 10.0 Å². The molecule has 0 bridgehead atoms. The van der Waals surface area contributed by atoms with Crippen LogP contribution in [0.15, 0.2) is 59.5 Å². The molecule has 0 spiro atoms. The Morgan fingerprint density at radius 2 is 2.00 bits per heavy atom. The Balaban J connectivity index is 1.43. The van der Waals surface area contributed by atoms with Crippen LogP contribution in [0.1, 0.15) is 11.7 Å². The lowest BCUT2D eigenvalue weighted by molar-refractivity contribution is 0.172. The summed E-state index contributed by atoms with van der Waals surface area (Å²) in [6.07, 6.45) is 3.17. The zero-order chi connectivity index (χ0) is 21.6. The average Bonchev–Trinajstić information content (AvgIpc) is 3.23. The molecule has 0 radical (unpaired) electrons. The van der Waals surface area contributed by atoms with Crippen molar-refractivity contribution in [3.63, 3.8) is 0 Å². The molecule has 0 aliphatic heterocycles. The summed E-state index contributed by atoms with van der Waals surface area (Å²) in [5, 5.41) is 13.7. The van der Waals surface area contributed by atoms with Gasteiger partial charge in [-0.3, -0.25) is 4.72 Å². The second kappa shape index (κ2) is 9.94. The highest BCUT2D eigenvalue weighted by Crippen LogP contribution is 2.26. The molecule has 1 atom stereocenters. The predicted octanol–water partition coefficient (Wildman–Crippen LogP) is 3.07. The van der Waals surface area contributed by atoms with Crippen LogP contribution < -0.4 is 14.8 Å². The van der Waals surface area contributed by atoms with Crippen LogP contribution in [0.5, 0.6) is 5.75 Å². The minimum absolute atomic E-state index is 0.230. The van der Waals surface area contributed by atoms with E-state index in [9.17, 15) is 13.5 Å². The topological polar surface area (TPSA) is 114 Å². The lowest BCUT2D eigenvalue weighted by Gasteiger charge is -2.15. The number of sulfonamides is 1. The summed E-state index contributed by atoms with van der Waals surface area (Å²) in [6, 6.07) is 12.2. The zero-order valence-electron chi connectivity index (χ0n) is 16.2. The Kier molecular flexibility index (Phi) is 7.33. The average molecular weight is 452 g/mol. The van der Waals surface area contributed by atoms with E-state index < -0.39 is 16.1 Å². The van der Waals surface area contributed by atoms with E-state index in [0.29, 0.717) is 18.7 Å². The number of aliphatic hydroxyl groups excluding tert-OH is 1. The van der Waals surface area contributed by atoms with Gasteiger partial charge in [0.1, 0.15) is 24.3 Å². The largest absolute Gasteiger partial charge is 0.492 e. The van der Waals surface area contributed by atoms with Gasteiger partial charge in [-0.2, -0.15) is 0 Å². The van der Waals surface area contributed by atoms with Gasteiger partial charge in [0.25, 0.3) is 0 Å². The number of rotatable bonds is 10. The van der Waals surface area contributed by atoms with Crippen molar-refractivity contribution >= 4 is 27.3 Å². The van der Waals surface area contributed by atoms with E-state index in [1.54, 1.807) is 18.4 Å². The van der Waals surface area contributed by atoms with Gasteiger partial charge in [0, 0.05) is 18.7 Å². The first-order chi connectivity index (χ1) is 14.3. The Morgan fingerprint density at radius 3 is 2.67 bits per heavy atom. The Hall–Kier alpha value is -2.59. The molecule has 0 saturated heterocycles. The number of aliphatic hydroxyl groups is 1. The van der Waals surface area contributed by atoms with Crippen LogP contribution in [0.25, 0.3) is 11.3 Å². The van der Waals surface area contributed by atoms with Crippen molar-refractivity contribution in [3.8, 4) is 17.0 Å². The Bertz CT molecular complexity index is 1060. The summed E-state index contributed by atoms with van der Waals surface area (Å²) in [5.74, 6) is 0.721. The molecule has 1 aromatic heterocycles. The summed E-state index contributed by atoms with van der Waals surface area (Å²) >= 11 is 6.00. The van der Waals surface area contributed by atoms with Gasteiger partial charge in [0.05, 0.1) is 23.1 Å². The Labute approximate surface area is 179 Å². The molecule has 0 aliphatic carbocycles. The molecular weight excluding hydrogens is 430 g/mol. The van der Waals surface area contributed by atoms with Crippen molar-refractivity contribution in [1.29, 1.82) is 0 Å². The molecule has 3 aromatic rings. The maximum atomic E-state index is 11.4. The molecule has 0 fully saturated rings. The third kappa shape index (κ3) is 6.46. The summed E-state index contributed by atoms with van der Waals surface area (Å²) in [4.78, 5) is 4.09. The molecule has 8 nitrogen and oxygen atoms in total. The molecule has 0 unspecified atom stereocenters. The standard InChI is InChI=1S/C20H22ClN3O5S/c1-30(26,27)24-18-10-15(4-7-17(18)21)20(25)11-22-8-9-29-16-5-2-14(3-6-16)19-12-28-13-23-19/h2-7,10,12-13,20,22,24-25H,8-9,11H2,1H3/t20-/m1/s1. The third-order valence-corrected chi connectivity index (χ3v) is 5.06. The van der Waals surface area contributed by atoms with Crippen molar-refractivity contribution in [2.45, 2.75) is 6.10 Å². The smallest absolute Gasteiger partial charge is 0.229 e. The van der Waals surface area contributed by atoms with E-state index in [1.165, 1.54) is 12.5 Å². The van der Waals surface area contributed by atoms with Crippen LogP contribution >= 0.6 is 11.6 Å². The number of nitrogens with one attached hydrogen (secondary N) is 2. The molecule has 1 heterocycles. The van der Waals surface area contributed by atoms with E-state index in [4.69, 9.17) is 20.8 Å². The highest BCUT2D eigenvalue weighted by Gasteiger charge is 2.12. The van der Waals surface area contributed by atoms with Gasteiger partial charge < -0.3 is 19.6 Å². The number of nitrogens with zero attached hydrogens (tertiary/aromatic N) is 1. The monoisotopic (exact) mass is 451 g/mol. The number of hydrogen-bond donors (Lipinski definition) is 3. The number of aromatic nitrogens is 1. The fraction of sp³-hybridized carbons (Fsp3) is 0.250. The van der Waals surface area contributed by atoms with Crippen LogP contribution in [-0.4, -0.2) is 44.5 Å². The fourth-order valence-electron chi connectivity index (χ4n) is 2.70. The molecule has 10 heteroatoms. The van der Waals surface area contributed by atoms with Crippen molar-refractivity contribution in [2.75, 3.05) is 30.7 Å². The van der Waals surface area contributed by atoms with E-state index in [2.05, 4.69) is 15.0 Å². The normalized spacial score (nSPS) is 12.5. The summed E-state index contributed by atoms with van der Waals surface area (Å²) < 4.78 is 35.8.